The molecular formula is C14H24N4O3S. The van der Waals surface area contributed by atoms with Crippen molar-refractivity contribution in [3.05, 3.63) is 18.0 Å². The molecule has 2 heterocycles. The van der Waals surface area contributed by atoms with Crippen LogP contribution in [0.2, 0.25) is 0 Å². The van der Waals surface area contributed by atoms with Gasteiger partial charge in [0.05, 0.1) is 5.75 Å². The van der Waals surface area contributed by atoms with Gasteiger partial charge in [0.1, 0.15) is 9.84 Å². The van der Waals surface area contributed by atoms with Crippen LogP contribution in [-0.4, -0.2) is 60.7 Å². The molecule has 1 aromatic heterocycles. The number of carbonyl (C=O) groups excluding carboxylic acids is 1. The SMILES string of the molecule is C[C@H](CCS(C)(=O)=O)NC(=O)N1CCC[C@H](c2ccn[nH]2)C1. The molecule has 2 amide bonds. The Hall–Kier alpha value is -1.57. The predicted octanol–water partition coefficient (Wildman–Crippen LogP) is 1.12. The van der Waals surface area contributed by atoms with Crippen LogP contribution in [0.5, 0.6) is 0 Å². The number of aromatic amines is 1. The lowest BCUT2D eigenvalue weighted by Gasteiger charge is -2.33. The first-order valence-electron chi connectivity index (χ1n) is 7.57. The third-order valence-corrected chi connectivity index (χ3v) is 4.94. The zero-order valence-electron chi connectivity index (χ0n) is 13.1. The van der Waals surface area contributed by atoms with Gasteiger partial charge in [-0.25, -0.2) is 13.2 Å². The molecule has 0 unspecified atom stereocenters. The third-order valence-electron chi connectivity index (χ3n) is 3.96. The summed E-state index contributed by atoms with van der Waals surface area (Å²) in [6.45, 7) is 3.22. The van der Waals surface area contributed by atoms with Crippen molar-refractivity contribution in [2.75, 3.05) is 25.1 Å². The van der Waals surface area contributed by atoms with Gasteiger partial charge in [-0.05, 0) is 32.3 Å². The summed E-state index contributed by atoms with van der Waals surface area (Å²) in [6.07, 6.45) is 5.36. The number of H-pyrrole nitrogens is 1. The highest BCUT2D eigenvalue weighted by Gasteiger charge is 2.26. The van der Waals surface area contributed by atoms with E-state index in [1.54, 1.807) is 11.1 Å². The Morgan fingerprint density at radius 2 is 2.36 bits per heavy atom. The highest BCUT2D eigenvalue weighted by atomic mass is 32.2. The molecule has 0 aliphatic carbocycles. The Morgan fingerprint density at radius 1 is 1.59 bits per heavy atom. The van der Waals surface area contributed by atoms with Crippen LogP contribution in [-0.2, 0) is 9.84 Å². The lowest BCUT2D eigenvalue weighted by atomic mass is 9.95. The fourth-order valence-electron chi connectivity index (χ4n) is 2.67. The monoisotopic (exact) mass is 328 g/mol. The van der Waals surface area contributed by atoms with Gasteiger partial charge in [-0.1, -0.05) is 0 Å². The predicted molar refractivity (Wildman–Crippen MR) is 84.5 cm³/mol. The fourth-order valence-corrected chi connectivity index (χ4v) is 3.46. The van der Waals surface area contributed by atoms with Gasteiger partial charge in [0.15, 0.2) is 0 Å². The van der Waals surface area contributed by atoms with Crippen molar-refractivity contribution in [2.24, 2.45) is 0 Å². The molecule has 2 atom stereocenters. The molecule has 8 heteroatoms. The van der Waals surface area contributed by atoms with Gasteiger partial charge in [0.25, 0.3) is 0 Å². The summed E-state index contributed by atoms with van der Waals surface area (Å²) in [5.41, 5.74) is 1.06. The van der Waals surface area contributed by atoms with Crippen LogP contribution in [0, 0.1) is 0 Å². The van der Waals surface area contributed by atoms with E-state index in [0.717, 1.165) is 25.1 Å². The zero-order valence-corrected chi connectivity index (χ0v) is 13.9. The molecule has 0 spiro atoms. The van der Waals surface area contributed by atoms with Crippen LogP contribution < -0.4 is 5.32 Å². The Bertz CT molecular complexity index is 585. The molecule has 0 bridgehead atoms. The van der Waals surface area contributed by atoms with Crippen LogP contribution in [0.4, 0.5) is 4.79 Å². The van der Waals surface area contributed by atoms with Gasteiger partial charge >= 0.3 is 6.03 Å². The van der Waals surface area contributed by atoms with Gasteiger partial charge in [-0.15, -0.1) is 0 Å². The zero-order chi connectivity index (χ0) is 16.2. The maximum Gasteiger partial charge on any atom is 0.317 e. The molecular weight excluding hydrogens is 304 g/mol. The summed E-state index contributed by atoms with van der Waals surface area (Å²) in [7, 11) is -2.99. The van der Waals surface area contributed by atoms with Crippen LogP contribution in [0.1, 0.15) is 37.8 Å². The highest BCUT2D eigenvalue weighted by Crippen LogP contribution is 2.25. The standard InChI is InChI=1S/C14H24N4O3S/c1-11(6-9-22(2,20)21)16-14(19)18-8-3-4-12(10-18)13-5-7-15-17-13/h5,7,11-12H,3-4,6,8-10H2,1-2H3,(H,15,17)(H,16,19)/t11-,12+/m1/s1. The van der Waals surface area contributed by atoms with Crippen molar-refractivity contribution < 1.29 is 13.2 Å². The van der Waals surface area contributed by atoms with Gasteiger partial charge in [0, 0.05) is 43.2 Å². The lowest BCUT2D eigenvalue weighted by molar-refractivity contribution is 0.175. The number of sulfone groups is 1. The van der Waals surface area contributed by atoms with Crippen LogP contribution >= 0.6 is 0 Å². The van der Waals surface area contributed by atoms with Crippen LogP contribution in [0.25, 0.3) is 0 Å². The van der Waals surface area contributed by atoms with E-state index in [2.05, 4.69) is 15.5 Å². The molecule has 7 nitrogen and oxygen atoms in total. The van der Waals surface area contributed by atoms with E-state index < -0.39 is 9.84 Å². The Labute approximate surface area is 131 Å². The molecule has 2 rings (SSSR count). The summed E-state index contributed by atoms with van der Waals surface area (Å²) >= 11 is 0. The molecule has 1 aromatic rings. The van der Waals surface area contributed by atoms with Gasteiger partial charge < -0.3 is 10.2 Å². The van der Waals surface area contributed by atoms with Crippen molar-refractivity contribution in [2.45, 2.75) is 38.1 Å². The Balaban J connectivity index is 1.84. The number of likely N-dealkylation sites (tertiary alicyclic amines) is 1. The first-order chi connectivity index (χ1) is 10.3. The Morgan fingerprint density at radius 3 is 3.00 bits per heavy atom. The molecule has 22 heavy (non-hydrogen) atoms. The topological polar surface area (TPSA) is 95.2 Å². The van der Waals surface area contributed by atoms with E-state index in [4.69, 9.17) is 0 Å². The van der Waals surface area contributed by atoms with Gasteiger partial charge in [-0.3, -0.25) is 5.10 Å². The van der Waals surface area contributed by atoms with Gasteiger partial charge in [-0.2, -0.15) is 5.10 Å². The van der Waals surface area contributed by atoms with E-state index in [-0.39, 0.29) is 23.7 Å². The maximum atomic E-state index is 12.3. The minimum Gasteiger partial charge on any atom is -0.336 e. The van der Waals surface area contributed by atoms with E-state index >= 15 is 0 Å². The van der Waals surface area contributed by atoms with Crippen molar-refractivity contribution in [3.63, 3.8) is 0 Å². The summed E-state index contributed by atoms with van der Waals surface area (Å²) in [5.74, 6) is 0.374. The number of piperidine rings is 1. The second kappa shape index (κ2) is 7.13. The minimum absolute atomic E-state index is 0.0885. The van der Waals surface area contributed by atoms with E-state index in [1.807, 2.05) is 13.0 Å². The molecule has 1 aliphatic heterocycles. The minimum atomic E-state index is -2.99. The maximum absolute atomic E-state index is 12.3. The average molecular weight is 328 g/mol. The third kappa shape index (κ3) is 5.01. The largest absolute Gasteiger partial charge is 0.336 e. The molecule has 0 saturated carbocycles. The fraction of sp³-hybridized carbons (Fsp3) is 0.714. The van der Waals surface area contributed by atoms with Crippen molar-refractivity contribution in [1.82, 2.24) is 20.4 Å². The van der Waals surface area contributed by atoms with E-state index in [0.29, 0.717) is 13.0 Å². The number of nitrogens with one attached hydrogen (secondary N) is 2. The quantitative estimate of drug-likeness (QED) is 0.847. The van der Waals surface area contributed by atoms with E-state index in [1.165, 1.54) is 6.26 Å². The van der Waals surface area contributed by atoms with Gasteiger partial charge in [0.2, 0.25) is 0 Å². The number of urea groups is 1. The number of amides is 2. The molecule has 2 N–H and O–H groups in total. The summed E-state index contributed by atoms with van der Waals surface area (Å²) < 4.78 is 22.3. The number of carbonyl (C=O) groups is 1. The van der Waals surface area contributed by atoms with Crippen LogP contribution in [0.3, 0.4) is 0 Å². The number of hydrogen-bond donors (Lipinski definition) is 2. The van der Waals surface area contributed by atoms with Crippen molar-refractivity contribution >= 4 is 15.9 Å². The summed E-state index contributed by atoms with van der Waals surface area (Å²) in [5, 5.41) is 9.82. The van der Waals surface area contributed by atoms with Crippen molar-refractivity contribution in [3.8, 4) is 0 Å². The smallest absolute Gasteiger partial charge is 0.317 e. The van der Waals surface area contributed by atoms with E-state index in [9.17, 15) is 13.2 Å². The average Bonchev–Trinajstić information content (AvgIpc) is 2.99. The van der Waals surface area contributed by atoms with Crippen molar-refractivity contribution in [1.29, 1.82) is 0 Å². The Kier molecular flexibility index (Phi) is 5.44. The molecule has 124 valence electrons. The first-order valence-corrected chi connectivity index (χ1v) is 9.63. The number of hydrogen-bond acceptors (Lipinski definition) is 4. The van der Waals surface area contributed by atoms with Crippen LogP contribution in [0.15, 0.2) is 12.3 Å². The molecule has 1 aliphatic rings. The number of aromatic nitrogens is 2. The second-order valence-electron chi connectivity index (χ2n) is 6.07. The molecule has 0 radical (unpaired) electrons. The number of rotatable bonds is 5. The first kappa shape index (κ1) is 16.8. The number of nitrogens with zero attached hydrogens (tertiary/aromatic N) is 2. The summed E-state index contributed by atoms with van der Waals surface area (Å²) in [6, 6.07) is 1.67. The summed E-state index contributed by atoms with van der Waals surface area (Å²) in [4.78, 5) is 14.1. The molecule has 1 fully saturated rings. The molecule has 1 saturated heterocycles. The second-order valence-corrected chi connectivity index (χ2v) is 8.33. The molecule has 0 aromatic carbocycles. The highest BCUT2D eigenvalue weighted by molar-refractivity contribution is 7.90. The lowest BCUT2D eigenvalue weighted by Crippen LogP contribution is -2.47. The normalized spacial score (nSPS) is 20.6.